The number of pyridine rings is 1. The highest BCUT2D eigenvalue weighted by atomic mass is 19.1. The van der Waals surface area contributed by atoms with Crippen molar-refractivity contribution in [2.75, 3.05) is 26.9 Å². The fourth-order valence-corrected chi connectivity index (χ4v) is 5.29. The first kappa shape index (κ1) is 30.2. The Balaban J connectivity index is 1.53. The van der Waals surface area contributed by atoms with E-state index >= 15 is 0 Å². The van der Waals surface area contributed by atoms with Crippen LogP contribution in [0.25, 0.3) is 11.3 Å². The number of ether oxygens (including phenoxy) is 3. The third kappa shape index (κ3) is 6.25. The van der Waals surface area contributed by atoms with Crippen molar-refractivity contribution in [2.45, 2.75) is 51.2 Å². The number of halogens is 1. The van der Waals surface area contributed by atoms with Gasteiger partial charge in [-0.15, -0.1) is 0 Å². The van der Waals surface area contributed by atoms with Crippen molar-refractivity contribution in [3.63, 3.8) is 0 Å². The number of aliphatic hydroxyl groups is 2. The summed E-state index contributed by atoms with van der Waals surface area (Å²) in [7, 11) is 1.48. The van der Waals surface area contributed by atoms with Crippen molar-refractivity contribution in [3.05, 3.63) is 89.4 Å². The van der Waals surface area contributed by atoms with Crippen molar-refractivity contribution in [1.82, 2.24) is 14.5 Å². The van der Waals surface area contributed by atoms with E-state index in [0.29, 0.717) is 51.9 Å². The van der Waals surface area contributed by atoms with Gasteiger partial charge in [-0.2, -0.15) is 0 Å². The van der Waals surface area contributed by atoms with Gasteiger partial charge in [0.05, 0.1) is 38.9 Å². The van der Waals surface area contributed by atoms with Crippen LogP contribution in [0.4, 0.5) is 4.39 Å². The SMILES string of the molecule is COc1cc(C(=O)CCC(O)(Cn2ccnc2)c2cc3c(c(-c4ccc(F)c(C)c4)n2)OCC3(C)C)ccc1OCCO. The lowest BCUT2D eigenvalue weighted by Gasteiger charge is -2.30. The van der Waals surface area contributed by atoms with Crippen LogP contribution in [0.5, 0.6) is 17.2 Å². The van der Waals surface area contributed by atoms with E-state index in [0.717, 1.165) is 5.56 Å². The minimum absolute atomic E-state index is 0.00877. The van der Waals surface area contributed by atoms with Crippen LogP contribution in [0.1, 0.15) is 53.9 Å². The Hall–Kier alpha value is -4.28. The predicted molar refractivity (Wildman–Crippen MR) is 158 cm³/mol. The molecule has 0 fully saturated rings. The Morgan fingerprint density at radius 1 is 1.19 bits per heavy atom. The molecule has 0 saturated carbocycles. The molecule has 2 aromatic heterocycles. The molecule has 5 rings (SSSR count). The lowest BCUT2D eigenvalue weighted by atomic mass is 9.83. The fourth-order valence-electron chi connectivity index (χ4n) is 5.29. The van der Waals surface area contributed by atoms with E-state index in [1.54, 1.807) is 60.5 Å². The average Bonchev–Trinajstić information content (AvgIpc) is 3.62. The summed E-state index contributed by atoms with van der Waals surface area (Å²) in [5.74, 6) is 0.874. The molecule has 1 aliphatic rings. The van der Waals surface area contributed by atoms with E-state index in [-0.39, 0.29) is 49.6 Å². The second kappa shape index (κ2) is 12.1. The number of imidazole rings is 1. The van der Waals surface area contributed by atoms with Crippen molar-refractivity contribution in [3.8, 4) is 28.5 Å². The smallest absolute Gasteiger partial charge is 0.163 e. The molecule has 43 heavy (non-hydrogen) atoms. The van der Waals surface area contributed by atoms with Gasteiger partial charge >= 0.3 is 0 Å². The highest BCUT2D eigenvalue weighted by Gasteiger charge is 2.40. The molecule has 0 radical (unpaired) electrons. The topological polar surface area (TPSA) is 116 Å². The first-order valence-electron chi connectivity index (χ1n) is 14.1. The average molecular weight is 590 g/mol. The maximum absolute atomic E-state index is 14.2. The molecular weight excluding hydrogens is 553 g/mol. The Morgan fingerprint density at radius 2 is 2.00 bits per heavy atom. The summed E-state index contributed by atoms with van der Waals surface area (Å²) >= 11 is 0. The number of aryl methyl sites for hydroxylation is 1. The van der Waals surface area contributed by atoms with Gasteiger partial charge in [-0.05, 0) is 61.4 Å². The summed E-state index contributed by atoms with van der Waals surface area (Å²) in [6.45, 7) is 6.28. The molecule has 1 unspecified atom stereocenters. The molecule has 3 heterocycles. The van der Waals surface area contributed by atoms with Gasteiger partial charge in [-0.25, -0.2) is 14.4 Å². The number of carbonyl (C=O) groups excluding carboxylic acids is 1. The number of rotatable bonds is 12. The molecule has 9 nitrogen and oxygen atoms in total. The van der Waals surface area contributed by atoms with Gasteiger partial charge in [0.1, 0.15) is 29.5 Å². The molecule has 1 atom stereocenters. The fraction of sp³-hybridized carbons (Fsp3) is 0.364. The number of fused-ring (bicyclic) bond motifs is 1. The second-order valence-electron chi connectivity index (χ2n) is 11.5. The molecule has 10 heteroatoms. The monoisotopic (exact) mass is 589 g/mol. The molecule has 2 aromatic carbocycles. The van der Waals surface area contributed by atoms with E-state index in [1.165, 1.54) is 13.2 Å². The highest BCUT2D eigenvalue weighted by Crippen LogP contribution is 2.46. The summed E-state index contributed by atoms with van der Waals surface area (Å²) in [6, 6.07) is 11.5. The normalized spacial score (nSPS) is 15.0. The number of hydrogen-bond acceptors (Lipinski definition) is 8. The van der Waals surface area contributed by atoms with E-state index in [4.69, 9.17) is 24.3 Å². The van der Waals surface area contributed by atoms with Crippen LogP contribution in [-0.4, -0.2) is 57.5 Å². The molecule has 2 N–H and O–H groups in total. The maximum atomic E-state index is 14.2. The van der Waals surface area contributed by atoms with Crippen molar-refractivity contribution in [2.24, 2.45) is 0 Å². The highest BCUT2D eigenvalue weighted by molar-refractivity contribution is 5.96. The third-order valence-electron chi connectivity index (χ3n) is 7.79. The summed E-state index contributed by atoms with van der Waals surface area (Å²) < 4.78 is 32.9. The van der Waals surface area contributed by atoms with Gasteiger partial charge in [-0.1, -0.05) is 13.8 Å². The van der Waals surface area contributed by atoms with Crippen LogP contribution in [0.15, 0.2) is 61.2 Å². The van der Waals surface area contributed by atoms with Crippen LogP contribution < -0.4 is 14.2 Å². The van der Waals surface area contributed by atoms with Crippen LogP contribution in [0.2, 0.25) is 0 Å². The number of aliphatic hydroxyl groups excluding tert-OH is 1. The lowest BCUT2D eigenvalue weighted by Crippen LogP contribution is -2.33. The Morgan fingerprint density at radius 3 is 2.70 bits per heavy atom. The summed E-state index contributed by atoms with van der Waals surface area (Å²) in [4.78, 5) is 22.5. The molecule has 1 aliphatic heterocycles. The molecule has 0 spiro atoms. The lowest BCUT2D eigenvalue weighted by molar-refractivity contribution is 0.00415. The number of carbonyl (C=O) groups is 1. The quantitative estimate of drug-likeness (QED) is 0.222. The van der Waals surface area contributed by atoms with Gasteiger partial charge in [0.2, 0.25) is 0 Å². The number of ketones is 1. The first-order chi connectivity index (χ1) is 20.5. The number of aromatic nitrogens is 3. The summed E-state index contributed by atoms with van der Waals surface area (Å²) in [6.07, 6.45) is 5.04. The molecule has 226 valence electrons. The molecule has 0 saturated heterocycles. The number of nitrogens with zero attached hydrogens (tertiary/aromatic N) is 3. The molecule has 0 bridgehead atoms. The van der Waals surface area contributed by atoms with E-state index in [1.807, 2.05) is 6.07 Å². The van der Waals surface area contributed by atoms with E-state index in [9.17, 15) is 14.3 Å². The zero-order valence-corrected chi connectivity index (χ0v) is 24.8. The van der Waals surface area contributed by atoms with Gasteiger partial charge in [0.15, 0.2) is 17.3 Å². The van der Waals surface area contributed by atoms with Gasteiger partial charge < -0.3 is 29.0 Å². The number of hydrogen-bond donors (Lipinski definition) is 2. The number of methoxy groups -OCH3 is 1. The summed E-state index contributed by atoms with van der Waals surface area (Å²) in [5, 5.41) is 21.4. The second-order valence-corrected chi connectivity index (χ2v) is 11.5. The number of Topliss-reactive ketones (excluding diaryl/α,β-unsaturated/α-hetero) is 1. The molecule has 4 aromatic rings. The molecular formula is C33H36FN3O6. The zero-order valence-electron chi connectivity index (χ0n) is 24.8. The number of benzene rings is 2. The van der Waals surface area contributed by atoms with E-state index < -0.39 is 5.60 Å². The van der Waals surface area contributed by atoms with Gasteiger partial charge in [0.25, 0.3) is 0 Å². The molecule has 0 amide bonds. The summed E-state index contributed by atoms with van der Waals surface area (Å²) in [5.41, 5.74) is 1.39. The van der Waals surface area contributed by atoms with E-state index in [2.05, 4.69) is 18.8 Å². The third-order valence-corrected chi connectivity index (χ3v) is 7.79. The zero-order chi connectivity index (χ0) is 30.8. The van der Waals surface area contributed by atoms with Crippen LogP contribution >= 0.6 is 0 Å². The van der Waals surface area contributed by atoms with Crippen molar-refractivity contribution >= 4 is 5.78 Å². The largest absolute Gasteiger partial charge is 0.493 e. The standard InChI is InChI=1S/C33H36FN3O6/c1-21-15-23(5-7-25(21)34)30-31-24(32(2,3)19-43-31)17-29(36-30)33(40,18-37-12-11-35-20-37)10-9-26(39)22-6-8-27(42-14-13-38)28(16-22)41-4/h5-8,11-12,15-17,20,38,40H,9-10,13-14,18-19H2,1-4H3. The van der Waals surface area contributed by atoms with Crippen LogP contribution in [0, 0.1) is 12.7 Å². The minimum atomic E-state index is -1.57. The Labute approximate surface area is 249 Å². The maximum Gasteiger partial charge on any atom is 0.163 e. The predicted octanol–water partition coefficient (Wildman–Crippen LogP) is 4.99. The first-order valence-corrected chi connectivity index (χ1v) is 14.1. The Kier molecular flexibility index (Phi) is 8.52. The molecule has 0 aliphatic carbocycles. The van der Waals surface area contributed by atoms with Crippen LogP contribution in [-0.2, 0) is 17.6 Å². The van der Waals surface area contributed by atoms with Crippen molar-refractivity contribution < 1.29 is 33.6 Å². The van der Waals surface area contributed by atoms with Crippen molar-refractivity contribution in [1.29, 1.82) is 0 Å². The minimum Gasteiger partial charge on any atom is -0.493 e. The van der Waals surface area contributed by atoms with Gasteiger partial charge in [0, 0.05) is 40.9 Å². The van der Waals surface area contributed by atoms with Gasteiger partial charge in [-0.3, -0.25) is 4.79 Å². The van der Waals surface area contributed by atoms with Crippen LogP contribution in [0.3, 0.4) is 0 Å². The Bertz CT molecular complexity index is 1620.